The zero-order valence-corrected chi connectivity index (χ0v) is 25.7. The Morgan fingerprint density at radius 2 is 0.514 bits per heavy atom. The smallest absolute Gasteiger partial charge is 0.0431 e. The van der Waals surface area contributed by atoms with Crippen LogP contribution >= 0.6 is 0 Å². The molecule has 1 heteroatoms. The zero-order chi connectivity index (χ0) is 26.7. The normalized spacial score (nSPS) is 11.9. The molecule has 0 saturated carbocycles. The van der Waals surface area contributed by atoms with Crippen LogP contribution in [0.3, 0.4) is 0 Å². The Bertz CT molecular complexity index is 438. The summed E-state index contributed by atoms with van der Waals surface area (Å²) in [4.78, 5) is 0. The van der Waals surface area contributed by atoms with Gasteiger partial charge in [-0.25, -0.2) is 0 Å². The molecule has 1 N–H and O–H groups in total. The summed E-state index contributed by atoms with van der Waals surface area (Å²) in [5.41, 5.74) is 0. The van der Waals surface area contributed by atoms with Crippen molar-refractivity contribution in [2.24, 2.45) is 0 Å². The van der Waals surface area contributed by atoms with Gasteiger partial charge in [0.15, 0.2) is 0 Å². The van der Waals surface area contributed by atoms with Crippen molar-refractivity contribution < 1.29 is 5.11 Å². The summed E-state index contributed by atoms with van der Waals surface area (Å²) in [5.74, 6) is 0. The monoisotopic (exact) mass is 519 g/mol. The Kier molecular flexibility index (Phi) is 34.9. The Hall–Kier alpha value is -0.560. The fourth-order valence-electron chi connectivity index (χ4n) is 5.24. The number of aliphatic hydroxyl groups is 1. The van der Waals surface area contributed by atoms with E-state index in [1.807, 2.05) is 0 Å². The fourth-order valence-corrected chi connectivity index (χ4v) is 5.24. The predicted octanol–water partition coefficient (Wildman–Crippen LogP) is 12.8. The zero-order valence-electron chi connectivity index (χ0n) is 25.7. The molecule has 0 rings (SSSR count). The Morgan fingerprint density at radius 3 is 0.757 bits per heavy atom. The van der Waals surface area contributed by atoms with Gasteiger partial charge in [0.25, 0.3) is 0 Å². The topological polar surface area (TPSA) is 20.2 Å². The van der Waals surface area contributed by atoms with Crippen LogP contribution in [0, 0.1) is 0 Å². The largest absolute Gasteiger partial charge is 0.396 e. The second kappa shape index (κ2) is 35.4. The highest BCUT2D eigenvalue weighted by Crippen LogP contribution is 2.14. The van der Waals surface area contributed by atoms with Crippen molar-refractivity contribution in [2.45, 2.75) is 200 Å². The minimum atomic E-state index is 0.361. The average molecular weight is 519 g/mol. The van der Waals surface area contributed by atoms with Crippen LogP contribution in [-0.4, -0.2) is 11.7 Å². The van der Waals surface area contributed by atoms with Crippen molar-refractivity contribution in [3.05, 3.63) is 24.3 Å². The molecule has 0 saturated heterocycles. The van der Waals surface area contributed by atoms with Gasteiger partial charge in [-0.05, 0) is 57.8 Å². The number of unbranched alkanes of at least 4 members (excludes halogenated alkanes) is 27. The first-order valence-corrected chi connectivity index (χ1v) is 17.3. The number of allylic oxidation sites excluding steroid dienone is 4. The fraction of sp³-hybridized carbons (Fsp3) is 0.889. The van der Waals surface area contributed by atoms with Gasteiger partial charge >= 0.3 is 0 Å². The molecule has 0 heterocycles. The van der Waals surface area contributed by atoms with E-state index >= 15 is 0 Å². The molecule has 0 atom stereocenters. The summed E-state index contributed by atoms with van der Waals surface area (Å²) in [5, 5.41) is 8.77. The molecule has 0 aromatic heterocycles. The molecule has 0 fully saturated rings. The van der Waals surface area contributed by atoms with E-state index < -0.39 is 0 Å². The third-order valence-electron chi connectivity index (χ3n) is 7.83. The highest BCUT2D eigenvalue weighted by atomic mass is 16.2. The number of rotatable bonds is 32. The number of aliphatic hydroxyl groups excluding tert-OH is 1. The van der Waals surface area contributed by atoms with Crippen LogP contribution in [0.4, 0.5) is 0 Å². The van der Waals surface area contributed by atoms with Crippen molar-refractivity contribution in [2.75, 3.05) is 6.61 Å². The molecule has 1 nitrogen and oxygen atoms in total. The summed E-state index contributed by atoms with van der Waals surface area (Å²) < 4.78 is 0. The van der Waals surface area contributed by atoms with Gasteiger partial charge in [-0.2, -0.15) is 0 Å². The van der Waals surface area contributed by atoms with Crippen molar-refractivity contribution >= 4 is 0 Å². The first kappa shape index (κ1) is 36.4. The van der Waals surface area contributed by atoms with Gasteiger partial charge in [0.1, 0.15) is 0 Å². The summed E-state index contributed by atoms with van der Waals surface area (Å²) >= 11 is 0. The standard InChI is InChI=1S/C36H70O/c1-2-3-4-5-6-7-8-9-10-11-12-13-14-15-16-17-18-19-20-21-22-23-24-25-26-27-28-29-30-31-32-33-34-35-36-37/h17-18,27-28,37H,2-16,19-26,29-36H2,1H3/b18-17?,28-27-. The lowest BCUT2D eigenvalue weighted by molar-refractivity contribution is 0.282. The van der Waals surface area contributed by atoms with Gasteiger partial charge in [-0.15, -0.1) is 0 Å². The van der Waals surface area contributed by atoms with Crippen LogP contribution in [0.2, 0.25) is 0 Å². The predicted molar refractivity (Wildman–Crippen MR) is 170 cm³/mol. The van der Waals surface area contributed by atoms with E-state index in [0.717, 1.165) is 6.42 Å². The van der Waals surface area contributed by atoms with Gasteiger partial charge < -0.3 is 5.11 Å². The number of hydrogen-bond acceptors (Lipinski definition) is 1. The Labute approximate surface area is 235 Å². The third-order valence-corrected chi connectivity index (χ3v) is 7.83. The summed E-state index contributed by atoms with van der Waals surface area (Å²) in [7, 11) is 0. The molecule has 0 aliphatic rings. The van der Waals surface area contributed by atoms with Gasteiger partial charge in [0.05, 0.1) is 0 Å². The van der Waals surface area contributed by atoms with Crippen LogP contribution in [0.25, 0.3) is 0 Å². The second-order valence-electron chi connectivity index (χ2n) is 11.7. The van der Waals surface area contributed by atoms with Crippen LogP contribution in [0.5, 0.6) is 0 Å². The van der Waals surface area contributed by atoms with Crippen molar-refractivity contribution in [3.63, 3.8) is 0 Å². The van der Waals surface area contributed by atoms with Gasteiger partial charge in [-0.3, -0.25) is 0 Å². The minimum Gasteiger partial charge on any atom is -0.396 e. The van der Waals surface area contributed by atoms with Crippen LogP contribution < -0.4 is 0 Å². The lowest BCUT2D eigenvalue weighted by Gasteiger charge is -2.03. The first-order valence-electron chi connectivity index (χ1n) is 17.3. The maximum Gasteiger partial charge on any atom is 0.0431 e. The molecule has 0 bridgehead atoms. The molecular formula is C36H70O. The SMILES string of the molecule is CCCCCCCCCCCCCCCCC=CCCCCCCCC/C=C\CCCCCCCCO. The van der Waals surface area contributed by atoms with E-state index in [-0.39, 0.29) is 0 Å². The van der Waals surface area contributed by atoms with Crippen molar-refractivity contribution in [3.8, 4) is 0 Å². The summed E-state index contributed by atoms with van der Waals surface area (Å²) in [6.07, 6.45) is 51.1. The average Bonchev–Trinajstić information content (AvgIpc) is 2.91. The van der Waals surface area contributed by atoms with Crippen LogP contribution in [0.15, 0.2) is 24.3 Å². The molecule has 0 aromatic rings. The molecular weight excluding hydrogens is 448 g/mol. The van der Waals surface area contributed by atoms with Crippen molar-refractivity contribution in [1.29, 1.82) is 0 Å². The van der Waals surface area contributed by atoms with E-state index in [1.165, 1.54) is 186 Å². The molecule has 0 radical (unpaired) electrons. The quantitative estimate of drug-likeness (QED) is 0.0693. The molecule has 0 aromatic carbocycles. The van der Waals surface area contributed by atoms with E-state index in [0.29, 0.717) is 6.61 Å². The molecule has 37 heavy (non-hydrogen) atoms. The summed E-state index contributed by atoms with van der Waals surface area (Å²) in [6, 6.07) is 0. The molecule has 0 aliphatic carbocycles. The molecule has 0 aliphatic heterocycles. The lowest BCUT2D eigenvalue weighted by atomic mass is 10.0. The molecule has 0 unspecified atom stereocenters. The van der Waals surface area contributed by atoms with Gasteiger partial charge in [0, 0.05) is 6.61 Å². The highest BCUT2D eigenvalue weighted by Gasteiger charge is 1.94. The minimum absolute atomic E-state index is 0.361. The van der Waals surface area contributed by atoms with E-state index in [4.69, 9.17) is 5.11 Å². The third kappa shape index (κ3) is 35.4. The van der Waals surface area contributed by atoms with Crippen LogP contribution in [0.1, 0.15) is 200 Å². The maximum atomic E-state index is 8.77. The Morgan fingerprint density at radius 1 is 0.297 bits per heavy atom. The first-order chi connectivity index (χ1) is 18.4. The lowest BCUT2D eigenvalue weighted by Crippen LogP contribution is -1.83. The molecule has 220 valence electrons. The van der Waals surface area contributed by atoms with Gasteiger partial charge in [0.2, 0.25) is 0 Å². The van der Waals surface area contributed by atoms with Gasteiger partial charge in [-0.1, -0.05) is 166 Å². The highest BCUT2D eigenvalue weighted by molar-refractivity contribution is 4.82. The van der Waals surface area contributed by atoms with E-state index in [9.17, 15) is 0 Å². The second-order valence-corrected chi connectivity index (χ2v) is 11.7. The van der Waals surface area contributed by atoms with Crippen LogP contribution in [-0.2, 0) is 0 Å². The van der Waals surface area contributed by atoms with Crippen molar-refractivity contribution in [1.82, 2.24) is 0 Å². The molecule has 0 spiro atoms. The van der Waals surface area contributed by atoms with E-state index in [1.54, 1.807) is 0 Å². The summed E-state index contributed by atoms with van der Waals surface area (Å²) in [6.45, 7) is 2.66. The van der Waals surface area contributed by atoms with E-state index in [2.05, 4.69) is 31.2 Å². The number of hydrogen-bond donors (Lipinski definition) is 1. The Balaban J connectivity index is 3.12. The maximum absolute atomic E-state index is 8.77. The molecule has 0 amide bonds.